The van der Waals surface area contributed by atoms with Crippen molar-refractivity contribution in [3.05, 3.63) is 0 Å². The van der Waals surface area contributed by atoms with E-state index in [1.54, 1.807) is 14.2 Å². The van der Waals surface area contributed by atoms with Gasteiger partial charge in [0.25, 0.3) is 0 Å². The van der Waals surface area contributed by atoms with Crippen molar-refractivity contribution >= 4 is 0 Å². The molecule has 4 heteroatoms. The SMILES string of the molecule is COCCCN(CCOC)CC1(CO)CCCC1. The summed E-state index contributed by atoms with van der Waals surface area (Å²) < 4.78 is 10.3. The zero-order chi connectivity index (χ0) is 13.3. The highest BCUT2D eigenvalue weighted by Crippen LogP contribution is 2.38. The molecule has 0 aliphatic heterocycles. The van der Waals surface area contributed by atoms with Crippen molar-refractivity contribution in [1.29, 1.82) is 0 Å². The Morgan fingerprint density at radius 3 is 2.28 bits per heavy atom. The van der Waals surface area contributed by atoms with Gasteiger partial charge in [0.05, 0.1) is 6.61 Å². The molecule has 0 atom stereocenters. The Kier molecular flexibility index (Phi) is 7.82. The molecule has 0 unspecified atom stereocenters. The average Bonchev–Trinajstić information content (AvgIpc) is 2.85. The lowest BCUT2D eigenvalue weighted by Crippen LogP contribution is -2.40. The molecule has 0 radical (unpaired) electrons. The van der Waals surface area contributed by atoms with Gasteiger partial charge in [0.1, 0.15) is 0 Å². The highest BCUT2D eigenvalue weighted by molar-refractivity contribution is 4.87. The zero-order valence-electron chi connectivity index (χ0n) is 12.0. The maximum Gasteiger partial charge on any atom is 0.0589 e. The fraction of sp³-hybridized carbons (Fsp3) is 1.00. The number of aliphatic hydroxyl groups excluding tert-OH is 1. The molecule has 18 heavy (non-hydrogen) atoms. The second kappa shape index (κ2) is 8.86. The summed E-state index contributed by atoms with van der Waals surface area (Å²) >= 11 is 0. The summed E-state index contributed by atoms with van der Waals surface area (Å²) in [6, 6.07) is 0. The first-order chi connectivity index (χ1) is 8.76. The van der Waals surface area contributed by atoms with Gasteiger partial charge in [-0.3, -0.25) is 0 Å². The highest BCUT2D eigenvalue weighted by atomic mass is 16.5. The van der Waals surface area contributed by atoms with E-state index in [0.29, 0.717) is 6.61 Å². The van der Waals surface area contributed by atoms with Crippen molar-refractivity contribution in [2.24, 2.45) is 5.41 Å². The van der Waals surface area contributed by atoms with Crippen molar-refractivity contribution in [1.82, 2.24) is 4.90 Å². The summed E-state index contributed by atoms with van der Waals surface area (Å²) in [6.07, 6.45) is 5.89. The number of aliphatic hydroxyl groups is 1. The van der Waals surface area contributed by atoms with Crippen LogP contribution in [0.1, 0.15) is 32.1 Å². The Hall–Kier alpha value is -0.160. The summed E-state index contributed by atoms with van der Waals surface area (Å²) in [5.74, 6) is 0. The van der Waals surface area contributed by atoms with Gasteiger partial charge < -0.3 is 19.5 Å². The number of nitrogens with zero attached hydrogens (tertiary/aromatic N) is 1. The molecule has 1 N–H and O–H groups in total. The maximum atomic E-state index is 9.68. The molecule has 0 amide bonds. The fourth-order valence-corrected chi connectivity index (χ4v) is 2.89. The van der Waals surface area contributed by atoms with E-state index < -0.39 is 0 Å². The van der Waals surface area contributed by atoms with Crippen LogP contribution in [0.2, 0.25) is 0 Å². The summed E-state index contributed by atoms with van der Waals surface area (Å²) in [7, 11) is 3.48. The van der Waals surface area contributed by atoms with Crippen LogP contribution in [0.4, 0.5) is 0 Å². The summed E-state index contributed by atoms with van der Waals surface area (Å²) in [5, 5.41) is 9.68. The molecule has 1 aliphatic carbocycles. The molecular formula is C14H29NO3. The average molecular weight is 259 g/mol. The van der Waals surface area contributed by atoms with Gasteiger partial charge in [-0.25, -0.2) is 0 Å². The van der Waals surface area contributed by atoms with Gasteiger partial charge in [-0.1, -0.05) is 12.8 Å². The molecule has 0 aromatic carbocycles. The van der Waals surface area contributed by atoms with Gasteiger partial charge in [0.2, 0.25) is 0 Å². The van der Waals surface area contributed by atoms with Gasteiger partial charge in [-0.2, -0.15) is 0 Å². The largest absolute Gasteiger partial charge is 0.396 e. The van der Waals surface area contributed by atoms with Crippen LogP contribution in [-0.2, 0) is 9.47 Å². The van der Waals surface area contributed by atoms with E-state index in [9.17, 15) is 5.11 Å². The Bertz CT molecular complexity index is 205. The van der Waals surface area contributed by atoms with Crippen LogP contribution in [-0.4, -0.2) is 63.7 Å². The molecule has 1 aliphatic rings. The first-order valence-electron chi connectivity index (χ1n) is 7.07. The molecule has 0 aromatic heterocycles. The lowest BCUT2D eigenvalue weighted by molar-refractivity contribution is 0.0584. The normalized spacial score (nSPS) is 18.7. The molecule has 0 heterocycles. The molecule has 0 aromatic rings. The van der Waals surface area contributed by atoms with Crippen molar-refractivity contribution in [3.63, 3.8) is 0 Å². The van der Waals surface area contributed by atoms with Crippen molar-refractivity contribution in [2.45, 2.75) is 32.1 Å². The third kappa shape index (κ3) is 5.22. The van der Waals surface area contributed by atoms with Crippen LogP contribution in [0.5, 0.6) is 0 Å². The third-order valence-electron chi connectivity index (χ3n) is 3.99. The van der Waals surface area contributed by atoms with Gasteiger partial charge in [-0.15, -0.1) is 0 Å². The summed E-state index contributed by atoms with van der Waals surface area (Å²) in [5.41, 5.74) is 0.140. The van der Waals surface area contributed by atoms with Crippen LogP contribution >= 0.6 is 0 Å². The molecule has 1 fully saturated rings. The van der Waals surface area contributed by atoms with E-state index in [4.69, 9.17) is 9.47 Å². The van der Waals surface area contributed by atoms with Gasteiger partial charge in [-0.05, 0) is 19.3 Å². The quantitative estimate of drug-likeness (QED) is 0.604. The first kappa shape index (κ1) is 15.9. The predicted octanol–water partition coefficient (Wildman–Crippen LogP) is 1.52. The van der Waals surface area contributed by atoms with Crippen LogP contribution in [0.25, 0.3) is 0 Å². The highest BCUT2D eigenvalue weighted by Gasteiger charge is 2.34. The van der Waals surface area contributed by atoms with Gasteiger partial charge in [0.15, 0.2) is 0 Å². The number of ether oxygens (including phenoxy) is 2. The smallest absolute Gasteiger partial charge is 0.0589 e. The second-order valence-corrected chi connectivity index (χ2v) is 5.48. The standard InChI is InChI=1S/C14H29NO3/c1-17-10-5-8-15(9-11-18-2)12-14(13-16)6-3-4-7-14/h16H,3-13H2,1-2H3. The Morgan fingerprint density at radius 2 is 1.72 bits per heavy atom. The minimum atomic E-state index is 0.140. The Morgan fingerprint density at radius 1 is 1.06 bits per heavy atom. The van der Waals surface area contributed by atoms with Crippen LogP contribution < -0.4 is 0 Å². The minimum absolute atomic E-state index is 0.140. The monoisotopic (exact) mass is 259 g/mol. The molecule has 108 valence electrons. The van der Waals surface area contributed by atoms with Gasteiger partial charge >= 0.3 is 0 Å². The van der Waals surface area contributed by atoms with E-state index in [-0.39, 0.29) is 5.41 Å². The summed E-state index contributed by atoms with van der Waals surface area (Å²) in [6.45, 7) is 4.85. The Balaban J connectivity index is 2.42. The lowest BCUT2D eigenvalue weighted by atomic mass is 9.86. The van der Waals surface area contributed by atoms with Crippen LogP contribution in [0.3, 0.4) is 0 Å². The van der Waals surface area contributed by atoms with Crippen LogP contribution in [0.15, 0.2) is 0 Å². The van der Waals surface area contributed by atoms with Crippen LogP contribution in [0, 0.1) is 5.41 Å². The number of hydrogen-bond acceptors (Lipinski definition) is 4. The molecule has 4 nitrogen and oxygen atoms in total. The summed E-state index contributed by atoms with van der Waals surface area (Å²) in [4.78, 5) is 2.42. The third-order valence-corrected chi connectivity index (χ3v) is 3.99. The van der Waals surface area contributed by atoms with Crippen molar-refractivity contribution in [2.75, 3.05) is 53.7 Å². The van der Waals surface area contributed by atoms with Gasteiger partial charge in [0, 0.05) is 52.5 Å². The van der Waals surface area contributed by atoms with E-state index in [1.165, 1.54) is 12.8 Å². The lowest BCUT2D eigenvalue weighted by Gasteiger charge is -2.34. The van der Waals surface area contributed by atoms with E-state index >= 15 is 0 Å². The molecule has 0 saturated heterocycles. The van der Waals surface area contributed by atoms with Crippen molar-refractivity contribution < 1.29 is 14.6 Å². The predicted molar refractivity (Wildman–Crippen MR) is 72.8 cm³/mol. The molecular weight excluding hydrogens is 230 g/mol. The fourth-order valence-electron chi connectivity index (χ4n) is 2.89. The number of hydrogen-bond donors (Lipinski definition) is 1. The maximum absolute atomic E-state index is 9.68. The Labute approximate surface area is 111 Å². The zero-order valence-corrected chi connectivity index (χ0v) is 12.0. The van der Waals surface area contributed by atoms with E-state index in [2.05, 4.69) is 4.90 Å². The molecule has 1 rings (SSSR count). The minimum Gasteiger partial charge on any atom is -0.396 e. The number of methoxy groups -OCH3 is 2. The molecule has 0 spiro atoms. The van der Waals surface area contributed by atoms with E-state index in [0.717, 1.165) is 52.1 Å². The van der Waals surface area contributed by atoms with Crippen molar-refractivity contribution in [3.8, 4) is 0 Å². The second-order valence-electron chi connectivity index (χ2n) is 5.48. The number of rotatable bonds is 10. The first-order valence-corrected chi connectivity index (χ1v) is 7.07. The van der Waals surface area contributed by atoms with E-state index in [1.807, 2.05) is 0 Å². The molecule has 0 bridgehead atoms. The molecule has 1 saturated carbocycles. The topological polar surface area (TPSA) is 41.9 Å².